The summed E-state index contributed by atoms with van der Waals surface area (Å²) in [5.41, 5.74) is 6.28. The largest absolute Gasteiger partial charge is 0.312 e. The smallest absolute Gasteiger partial charge is 0.0208 e. The third-order valence-corrected chi connectivity index (χ3v) is 4.86. The molecule has 1 saturated carbocycles. The van der Waals surface area contributed by atoms with Gasteiger partial charge >= 0.3 is 0 Å². The van der Waals surface area contributed by atoms with E-state index in [1.807, 2.05) is 0 Å². The topological polar surface area (TPSA) is 12.0 Å². The van der Waals surface area contributed by atoms with Crippen LogP contribution < -0.4 is 5.32 Å². The van der Waals surface area contributed by atoms with Crippen molar-refractivity contribution in [2.75, 3.05) is 6.54 Å². The van der Waals surface area contributed by atoms with Crippen LogP contribution in [0.15, 0.2) is 12.1 Å². The molecule has 1 fully saturated rings. The van der Waals surface area contributed by atoms with E-state index in [1.54, 1.807) is 0 Å². The second-order valence-electron chi connectivity index (χ2n) is 6.48. The molecule has 1 N–H and O–H groups in total. The molecule has 1 aliphatic carbocycles. The molecule has 0 spiro atoms. The van der Waals surface area contributed by atoms with Crippen LogP contribution in [0.4, 0.5) is 0 Å². The lowest BCUT2D eigenvalue weighted by atomic mass is 9.92. The minimum Gasteiger partial charge on any atom is -0.312 e. The summed E-state index contributed by atoms with van der Waals surface area (Å²) < 4.78 is 0. The van der Waals surface area contributed by atoms with Crippen LogP contribution in [0.3, 0.4) is 0 Å². The Hall–Kier alpha value is -0.820. The van der Waals surface area contributed by atoms with E-state index in [2.05, 4.69) is 52.1 Å². The molecule has 0 unspecified atom stereocenters. The van der Waals surface area contributed by atoms with Gasteiger partial charge in [0.15, 0.2) is 0 Å². The molecule has 1 heteroatoms. The number of hydrogen-bond donors (Lipinski definition) is 1. The zero-order chi connectivity index (χ0) is 13.3. The highest BCUT2D eigenvalue weighted by Crippen LogP contribution is 2.51. The first kappa shape index (κ1) is 13.6. The molecule has 0 saturated heterocycles. The van der Waals surface area contributed by atoms with E-state index < -0.39 is 0 Å². The minimum atomic E-state index is 0.605. The van der Waals surface area contributed by atoms with Crippen molar-refractivity contribution in [3.8, 4) is 0 Å². The van der Waals surface area contributed by atoms with E-state index >= 15 is 0 Å². The summed E-state index contributed by atoms with van der Waals surface area (Å²) in [6.45, 7) is 13.5. The van der Waals surface area contributed by atoms with Crippen LogP contribution in [-0.2, 0) is 6.54 Å². The van der Waals surface area contributed by atoms with Crippen molar-refractivity contribution >= 4 is 0 Å². The van der Waals surface area contributed by atoms with Crippen LogP contribution in [0.1, 0.15) is 48.9 Å². The Labute approximate surface area is 112 Å². The Morgan fingerprint density at radius 3 is 2.22 bits per heavy atom. The Balaban J connectivity index is 1.93. The number of benzene rings is 1. The van der Waals surface area contributed by atoms with Crippen molar-refractivity contribution in [3.63, 3.8) is 0 Å². The quantitative estimate of drug-likeness (QED) is 0.822. The molecular weight excluding hydrogens is 218 g/mol. The van der Waals surface area contributed by atoms with Crippen LogP contribution in [-0.4, -0.2) is 6.54 Å². The Morgan fingerprint density at radius 1 is 1.06 bits per heavy atom. The van der Waals surface area contributed by atoms with Gasteiger partial charge in [-0.15, -0.1) is 0 Å². The summed E-state index contributed by atoms with van der Waals surface area (Å²) in [6, 6.07) is 4.65. The molecule has 0 heterocycles. The highest BCUT2D eigenvalue weighted by atomic mass is 14.9. The molecule has 1 aromatic carbocycles. The van der Waals surface area contributed by atoms with E-state index in [4.69, 9.17) is 0 Å². The van der Waals surface area contributed by atoms with Gasteiger partial charge in [0.05, 0.1) is 0 Å². The second-order valence-corrected chi connectivity index (χ2v) is 6.48. The highest BCUT2D eigenvalue weighted by molar-refractivity contribution is 5.36. The maximum absolute atomic E-state index is 3.67. The number of hydrogen-bond acceptors (Lipinski definition) is 1. The van der Waals surface area contributed by atoms with Crippen molar-refractivity contribution in [2.24, 2.45) is 11.3 Å². The lowest BCUT2D eigenvalue weighted by Gasteiger charge is -2.20. The van der Waals surface area contributed by atoms with E-state index in [0.717, 1.165) is 12.5 Å². The maximum Gasteiger partial charge on any atom is 0.0208 e. The fourth-order valence-corrected chi connectivity index (χ4v) is 2.78. The van der Waals surface area contributed by atoms with Gasteiger partial charge in [0.1, 0.15) is 0 Å². The normalized spacial score (nSPS) is 17.2. The van der Waals surface area contributed by atoms with Crippen molar-refractivity contribution in [1.82, 2.24) is 5.32 Å². The average molecular weight is 245 g/mol. The molecule has 0 amide bonds. The van der Waals surface area contributed by atoms with Gasteiger partial charge in [-0.25, -0.2) is 0 Å². The van der Waals surface area contributed by atoms with Crippen LogP contribution >= 0.6 is 0 Å². The fraction of sp³-hybridized carbons (Fsp3) is 0.647. The van der Waals surface area contributed by atoms with E-state index in [0.29, 0.717) is 5.41 Å². The molecule has 18 heavy (non-hydrogen) atoms. The average Bonchev–Trinajstić information content (AvgIpc) is 3.06. The summed E-state index contributed by atoms with van der Waals surface area (Å²) in [6.07, 6.45) is 2.81. The van der Waals surface area contributed by atoms with Gasteiger partial charge in [0, 0.05) is 13.1 Å². The zero-order valence-corrected chi connectivity index (χ0v) is 12.6. The molecule has 1 aromatic rings. The van der Waals surface area contributed by atoms with Gasteiger partial charge in [-0.3, -0.25) is 0 Å². The molecule has 0 aliphatic heterocycles. The standard InChI is InChI=1S/C17H27N/c1-12(2)17(6-7-17)11-18-10-16-9-14(4)13(3)8-15(16)5/h8-9,12,18H,6-7,10-11H2,1-5H3. The molecular formula is C17H27N. The molecule has 0 atom stereocenters. The van der Waals surface area contributed by atoms with E-state index in [1.165, 1.54) is 41.6 Å². The second kappa shape index (κ2) is 5.05. The van der Waals surface area contributed by atoms with Crippen LogP contribution in [0, 0.1) is 32.1 Å². The van der Waals surface area contributed by atoms with Crippen LogP contribution in [0.5, 0.6) is 0 Å². The SMILES string of the molecule is Cc1cc(C)c(CNCC2(C(C)C)CC2)cc1C. The zero-order valence-electron chi connectivity index (χ0n) is 12.6. The van der Waals surface area contributed by atoms with Gasteiger partial charge in [0.2, 0.25) is 0 Å². The summed E-state index contributed by atoms with van der Waals surface area (Å²) in [7, 11) is 0. The van der Waals surface area contributed by atoms with Gasteiger partial charge in [0.25, 0.3) is 0 Å². The van der Waals surface area contributed by atoms with Gasteiger partial charge < -0.3 is 5.32 Å². The predicted octanol–water partition coefficient (Wildman–Crippen LogP) is 4.14. The highest BCUT2D eigenvalue weighted by Gasteiger charge is 2.44. The lowest BCUT2D eigenvalue weighted by molar-refractivity contribution is 0.337. The third-order valence-electron chi connectivity index (χ3n) is 4.86. The number of nitrogens with one attached hydrogen (secondary N) is 1. The van der Waals surface area contributed by atoms with Crippen molar-refractivity contribution in [1.29, 1.82) is 0 Å². The first-order valence-electron chi connectivity index (χ1n) is 7.22. The first-order chi connectivity index (χ1) is 8.44. The molecule has 0 aromatic heterocycles. The molecule has 1 aliphatic rings. The Bertz CT molecular complexity index is 427. The van der Waals surface area contributed by atoms with Gasteiger partial charge in [-0.05, 0) is 67.2 Å². The van der Waals surface area contributed by atoms with Crippen LogP contribution in [0.2, 0.25) is 0 Å². The molecule has 0 bridgehead atoms. The van der Waals surface area contributed by atoms with Gasteiger partial charge in [-0.2, -0.15) is 0 Å². The molecule has 1 nitrogen and oxygen atoms in total. The number of aryl methyl sites for hydroxylation is 3. The van der Waals surface area contributed by atoms with Gasteiger partial charge in [-0.1, -0.05) is 26.0 Å². The molecule has 2 rings (SSSR count). The van der Waals surface area contributed by atoms with E-state index in [-0.39, 0.29) is 0 Å². The van der Waals surface area contributed by atoms with Crippen molar-refractivity contribution in [2.45, 2.75) is 54.0 Å². The molecule has 0 radical (unpaired) electrons. The summed E-state index contributed by atoms with van der Waals surface area (Å²) >= 11 is 0. The summed E-state index contributed by atoms with van der Waals surface area (Å²) in [5.74, 6) is 0.811. The minimum absolute atomic E-state index is 0.605. The summed E-state index contributed by atoms with van der Waals surface area (Å²) in [5, 5.41) is 3.67. The van der Waals surface area contributed by atoms with Crippen molar-refractivity contribution in [3.05, 3.63) is 34.4 Å². The molecule has 100 valence electrons. The van der Waals surface area contributed by atoms with Crippen LogP contribution in [0.25, 0.3) is 0 Å². The predicted molar refractivity (Wildman–Crippen MR) is 78.9 cm³/mol. The Morgan fingerprint density at radius 2 is 1.67 bits per heavy atom. The van der Waals surface area contributed by atoms with Crippen molar-refractivity contribution < 1.29 is 0 Å². The maximum atomic E-state index is 3.67. The van der Waals surface area contributed by atoms with E-state index in [9.17, 15) is 0 Å². The Kier molecular flexibility index (Phi) is 3.82. The number of rotatable bonds is 5. The summed E-state index contributed by atoms with van der Waals surface area (Å²) in [4.78, 5) is 0. The lowest BCUT2D eigenvalue weighted by Crippen LogP contribution is -2.27. The monoisotopic (exact) mass is 245 g/mol. The fourth-order valence-electron chi connectivity index (χ4n) is 2.78. The first-order valence-corrected chi connectivity index (χ1v) is 7.22. The third kappa shape index (κ3) is 2.77.